The highest BCUT2D eigenvalue weighted by molar-refractivity contribution is 7.99. The molecule has 0 bridgehead atoms. The highest BCUT2D eigenvalue weighted by Crippen LogP contribution is 2.29. The zero-order chi connectivity index (χ0) is 10.7. The molecule has 2 rings (SSSR count). The van der Waals surface area contributed by atoms with E-state index in [0.29, 0.717) is 6.04 Å². The van der Waals surface area contributed by atoms with Crippen molar-refractivity contribution in [2.45, 2.75) is 12.5 Å². The van der Waals surface area contributed by atoms with Gasteiger partial charge in [-0.3, -0.25) is 0 Å². The summed E-state index contributed by atoms with van der Waals surface area (Å²) in [5, 5.41) is 4.30. The number of nitrogens with one attached hydrogen (secondary N) is 1. The van der Waals surface area contributed by atoms with Crippen LogP contribution in [-0.2, 0) is 6.42 Å². The minimum Gasteiger partial charge on any atom is -0.316 e. The second-order valence-corrected chi connectivity index (χ2v) is 5.47. The van der Waals surface area contributed by atoms with E-state index in [1.807, 2.05) is 23.9 Å². The summed E-state index contributed by atoms with van der Waals surface area (Å²) >= 11 is 8.20. The maximum absolute atomic E-state index is 6.17. The number of rotatable bonds is 3. The molecule has 1 aromatic carbocycles. The van der Waals surface area contributed by atoms with Crippen LogP contribution in [0.3, 0.4) is 0 Å². The maximum Gasteiger partial charge on any atom is 0.0438 e. The smallest absolute Gasteiger partial charge is 0.0438 e. The first kappa shape index (κ1) is 11.3. The fourth-order valence-corrected chi connectivity index (χ4v) is 3.76. The Kier molecular flexibility index (Phi) is 3.95. The molecule has 1 nitrogen and oxygen atoms in total. The van der Waals surface area contributed by atoms with Crippen LogP contribution in [0.25, 0.3) is 0 Å². The van der Waals surface area contributed by atoms with Crippen molar-refractivity contribution in [2.75, 3.05) is 18.6 Å². The van der Waals surface area contributed by atoms with Crippen molar-refractivity contribution in [1.82, 2.24) is 5.32 Å². The Hall–Kier alpha value is -0.180. The average Bonchev–Trinajstić information content (AvgIpc) is 2.69. The summed E-state index contributed by atoms with van der Waals surface area (Å²) in [5.74, 6) is 3.20. The number of thioether (sulfide) groups is 1. The van der Waals surface area contributed by atoms with Crippen LogP contribution in [0, 0.1) is 5.92 Å². The molecule has 0 radical (unpaired) electrons. The molecule has 0 amide bonds. The minimum atomic E-state index is 0.645. The lowest BCUT2D eigenvalue weighted by Gasteiger charge is -2.18. The van der Waals surface area contributed by atoms with Crippen molar-refractivity contribution in [3.8, 4) is 0 Å². The van der Waals surface area contributed by atoms with Gasteiger partial charge in [-0.1, -0.05) is 29.8 Å². The molecule has 1 aliphatic heterocycles. The van der Waals surface area contributed by atoms with Crippen molar-refractivity contribution in [1.29, 1.82) is 0 Å². The van der Waals surface area contributed by atoms with E-state index in [0.717, 1.165) is 17.4 Å². The Morgan fingerprint density at radius 3 is 2.93 bits per heavy atom. The first-order valence-corrected chi connectivity index (χ1v) is 6.83. The lowest BCUT2D eigenvalue weighted by molar-refractivity contribution is 0.453. The van der Waals surface area contributed by atoms with Gasteiger partial charge in [-0.2, -0.15) is 11.8 Å². The van der Waals surface area contributed by atoms with Gasteiger partial charge < -0.3 is 5.32 Å². The summed E-state index contributed by atoms with van der Waals surface area (Å²) in [7, 11) is 2.05. The van der Waals surface area contributed by atoms with Crippen LogP contribution in [0.15, 0.2) is 24.3 Å². The third kappa shape index (κ3) is 2.68. The Morgan fingerprint density at radius 1 is 1.40 bits per heavy atom. The highest BCUT2D eigenvalue weighted by atomic mass is 35.5. The molecule has 0 saturated carbocycles. The molecule has 82 valence electrons. The van der Waals surface area contributed by atoms with Gasteiger partial charge in [0.1, 0.15) is 0 Å². The molecule has 1 N–H and O–H groups in total. The van der Waals surface area contributed by atoms with Crippen molar-refractivity contribution < 1.29 is 0 Å². The lowest BCUT2D eigenvalue weighted by Crippen LogP contribution is -2.33. The van der Waals surface area contributed by atoms with Crippen LogP contribution in [-0.4, -0.2) is 24.6 Å². The van der Waals surface area contributed by atoms with Gasteiger partial charge in [-0.15, -0.1) is 0 Å². The van der Waals surface area contributed by atoms with E-state index in [2.05, 4.69) is 24.5 Å². The largest absolute Gasteiger partial charge is 0.316 e. The molecule has 3 heteroatoms. The van der Waals surface area contributed by atoms with E-state index in [1.165, 1.54) is 17.1 Å². The molecule has 15 heavy (non-hydrogen) atoms. The van der Waals surface area contributed by atoms with Gasteiger partial charge in [-0.25, -0.2) is 0 Å². The van der Waals surface area contributed by atoms with Crippen LogP contribution in [0.1, 0.15) is 5.56 Å². The first-order chi connectivity index (χ1) is 7.31. The van der Waals surface area contributed by atoms with E-state index >= 15 is 0 Å². The van der Waals surface area contributed by atoms with Gasteiger partial charge in [-0.05, 0) is 36.8 Å². The predicted molar refractivity (Wildman–Crippen MR) is 68.8 cm³/mol. The zero-order valence-electron chi connectivity index (χ0n) is 8.87. The van der Waals surface area contributed by atoms with Crippen LogP contribution in [0.4, 0.5) is 0 Å². The Morgan fingerprint density at radius 2 is 2.20 bits per heavy atom. The zero-order valence-corrected chi connectivity index (χ0v) is 10.4. The van der Waals surface area contributed by atoms with Crippen LogP contribution in [0.2, 0.25) is 5.02 Å². The van der Waals surface area contributed by atoms with Crippen LogP contribution in [0.5, 0.6) is 0 Å². The number of halogens is 1. The Labute approximate surface area is 101 Å². The standard InChI is InChI=1S/C12H16ClNS/c1-14-12-8-15-7-10(12)6-9-4-2-3-5-11(9)13/h2-5,10,12,14H,6-8H2,1H3. The van der Waals surface area contributed by atoms with Gasteiger partial charge in [0, 0.05) is 16.8 Å². The molecule has 1 fully saturated rings. The minimum absolute atomic E-state index is 0.645. The normalized spacial score (nSPS) is 25.7. The number of benzene rings is 1. The van der Waals surface area contributed by atoms with E-state index in [1.54, 1.807) is 0 Å². The molecule has 1 heterocycles. The fourth-order valence-electron chi connectivity index (χ4n) is 2.07. The molecule has 2 atom stereocenters. The quantitative estimate of drug-likeness (QED) is 0.874. The van der Waals surface area contributed by atoms with Gasteiger partial charge in [0.25, 0.3) is 0 Å². The summed E-state index contributed by atoms with van der Waals surface area (Å²) in [5.41, 5.74) is 1.28. The third-order valence-electron chi connectivity index (χ3n) is 3.01. The highest BCUT2D eigenvalue weighted by Gasteiger charge is 2.26. The lowest BCUT2D eigenvalue weighted by atomic mass is 9.95. The van der Waals surface area contributed by atoms with E-state index in [-0.39, 0.29) is 0 Å². The second kappa shape index (κ2) is 5.24. The Bertz CT molecular complexity index is 329. The molecule has 1 aromatic rings. The monoisotopic (exact) mass is 241 g/mol. The predicted octanol–water partition coefficient (Wildman–Crippen LogP) is 2.83. The Balaban J connectivity index is 2.05. The van der Waals surface area contributed by atoms with Crippen molar-refractivity contribution in [2.24, 2.45) is 5.92 Å². The summed E-state index contributed by atoms with van der Waals surface area (Å²) in [6, 6.07) is 8.82. The number of hydrogen-bond acceptors (Lipinski definition) is 2. The van der Waals surface area contributed by atoms with Crippen LogP contribution < -0.4 is 5.32 Å². The SMILES string of the molecule is CNC1CSCC1Cc1ccccc1Cl. The van der Waals surface area contributed by atoms with Crippen molar-refractivity contribution in [3.05, 3.63) is 34.9 Å². The van der Waals surface area contributed by atoms with Gasteiger partial charge in [0.2, 0.25) is 0 Å². The molecule has 1 aliphatic rings. The molecule has 1 saturated heterocycles. The topological polar surface area (TPSA) is 12.0 Å². The number of hydrogen-bond donors (Lipinski definition) is 1. The molecular weight excluding hydrogens is 226 g/mol. The third-order valence-corrected chi connectivity index (χ3v) is 4.64. The van der Waals surface area contributed by atoms with E-state index in [4.69, 9.17) is 11.6 Å². The first-order valence-electron chi connectivity index (χ1n) is 5.29. The molecular formula is C12H16ClNS. The van der Waals surface area contributed by atoms with Gasteiger partial charge in [0.05, 0.1) is 0 Å². The van der Waals surface area contributed by atoms with Gasteiger partial charge in [0.15, 0.2) is 0 Å². The molecule has 2 unspecified atom stereocenters. The van der Waals surface area contributed by atoms with Crippen molar-refractivity contribution in [3.63, 3.8) is 0 Å². The maximum atomic E-state index is 6.17. The van der Waals surface area contributed by atoms with Gasteiger partial charge >= 0.3 is 0 Å². The fraction of sp³-hybridized carbons (Fsp3) is 0.500. The molecule has 0 aliphatic carbocycles. The molecule has 0 spiro atoms. The summed E-state index contributed by atoms with van der Waals surface area (Å²) in [4.78, 5) is 0. The van der Waals surface area contributed by atoms with Crippen molar-refractivity contribution >= 4 is 23.4 Å². The summed E-state index contributed by atoms with van der Waals surface area (Å²) < 4.78 is 0. The average molecular weight is 242 g/mol. The van der Waals surface area contributed by atoms with Crippen LogP contribution >= 0.6 is 23.4 Å². The summed E-state index contributed by atoms with van der Waals surface area (Å²) in [6.07, 6.45) is 1.10. The second-order valence-electron chi connectivity index (χ2n) is 3.99. The van der Waals surface area contributed by atoms with E-state index < -0.39 is 0 Å². The molecule has 0 aromatic heterocycles. The van der Waals surface area contributed by atoms with E-state index in [9.17, 15) is 0 Å². The summed E-state index contributed by atoms with van der Waals surface area (Å²) in [6.45, 7) is 0.